The van der Waals surface area contributed by atoms with Gasteiger partial charge in [-0.1, -0.05) is 17.7 Å². The van der Waals surface area contributed by atoms with Crippen LogP contribution in [0.1, 0.15) is 20.7 Å². The Labute approximate surface area is 139 Å². The smallest absolute Gasteiger partial charge is 0.406 e. The number of hydrogen-bond donors (Lipinski definition) is 2. The van der Waals surface area contributed by atoms with Gasteiger partial charge in [0.25, 0.3) is 11.8 Å². The third-order valence-corrected chi connectivity index (χ3v) is 2.96. The Morgan fingerprint density at radius 3 is 2.04 bits per heavy atom. The van der Waals surface area contributed by atoms with Crippen LogP contribution in [0.15, 0.2) is 48.5 Å². The van der Waals surface area contributed by atoms with Crippen molar-refractivity contribution in [3.05, 3.63) is 64.7 Å². The number of alkyl halides is 3. The van der Waals surface area contributed by atoms with E-state index in [1.54, 1.807) is 12.1 Å². The van der Waals surface area contributed by atoms with Crippen LogP contribution in [-0.4, -0.2) is 18.2 Å². The molecule has 2 amide bonds. The van der Waals surface area contributed by atoms with Crippen molar-refractivity contribution in [3.63, 3.8) is 0 Å². The molecule has 0 atom stereocenters. The number of hydrazine groups is 1. The van der Waals surface area contributed by atoms with Crippen molar-refractivity contribution in [2.75, 3.05) is 0 Å². The lowest BCUT2D eigenvalue weighted by Gasteiger charge is -2.10. The maximum Gasteiger partial charge on any atom is 0.573 e. The Kier molecular flexibility index (Phi) is 5.30. The second-order valence-corrected chi connectivity index (χ2v) is 4.93. The zero-order chi connectivity index (χ0) is 17.7. The number of rotatable bonds is 3. The molecule has 0 radical (unpaired) electrons. The summed E-state index contributed by atoms with van der Waals surface area (Å²) >= 11 is 5.75. The lowest BCUT2D eigenvalue weighted by Crippen LogP contribution is -2.41. The molecule has 126 valence electrons. The van der Waals surface area contributed by atoms with Gasteiger partial charge >= 0.3 is 6.36 Å². The first-order valence-electron chi connectivity index (χ1n) is 6.47. The predicted octanol–water partition coefficient (Wildman–Crippen LogP) is 3.31. The maximum atomic E-state index is 12.0. The molecule has 5 nitrogen and oxygen atoms in total. The molecule has 24 heavy (non-hydrogen) atoms. The summed E-state index contributed by atoms with van der Waals surface area (Å²) < 4.78 is 39.8. The standard InChI is InChI=1S/C15H10ClF3N2O3/c16-11-3-1-2-10(8-11)14(23)21-20-13(22)9-4-6-12(7-5-9)24-15(17,18)19/h1-8H,(H,20,22)(H,21,23). The van der Waals surface area contributed by atoms with Gasteiger partial charge in [-0.25, -0.2) is 0 Å². The lowest BCUT2D eigenvalue weighted by atomic mass is 10.2. The van der Waals surface area contributed by atoms with Crippen molar-refractivity contribution >= 4 is 23.4 Å². The average Bonchev–Trinajstić information content (AvgIpc) is 2.51. The normalized spacial score (nSPS) is 10.8. The van der Waals surface area contributed by atoms with E-state index in [-0.39, 0.29) is 11.1 Å². The van der Waals surface area contributed by atoms with Crippen LogP contribution in [0.2, 0.25) is 5.02 Å². The van der Waals surface area contributed by atoms with Gasteiger partial charge in [0.2, 0.25) is 0 Å². The topological polar surface area (TPSA) is 67.4 Å². The second-order valence-electron chi connectivity index (χ2n) is 4.49. The third-order valence-electron chi connectivity index (χ3n) is 2.73. The fourth-order valence-electron chi connectivity index (χ4n) is 1.70. The molecule has 0 unspecified atom stereocenters. The van der Waals surface area contributed by atoms with Crippen molar-refractivity contribution in [2.24, 2.45) is 0 Å². The van der Waals surface area contributed by atoms with Crippen LogP contribution < -0.4 is 15.6 Å². The molecule has 2 aromatic rings. The van der Waals surface area contributed by atoms with Crippen LogP contribution in [0.5, 0.6) is 5.75 Å². The predicted molar refractivity (Wildman–Crippen MR) is 79.5 cm³/mol. The highest BCUT2D eigenvalue weighted by Crippen LogP contribution is 2.22. The van der Waals surface area contributed by atoms with Crippen molar-refractivity contribution in [2.45, 2.75) is 6.36 Å². The number of ether oxygens (including phenoxy) is 1. The molecule has 0 saturated carbocycles. The molecule has 0 aliphatic carbocycles. The number of hydrogen-bond acceptors (Lipinski definition) is 3. The quantitative estimate of drug-likeness (QED) is 0.827. The van der Waals surface area contributed by atoms with E-state index in [0.717, 1.165) is 24.3 Å². The summed E-state index contributed by atoms with van der Waals surface area (Å²) in [7, 11) is 0. The van der Waals surface area contributed by atoms with E-state index in [0.29, 0.717) is 5.02 Å². The molecule has 2 N–H and O–H groups in total. The van der Waals surface area contributed by atoms with E-state index in [9.17, 15) is 22.8 Å². The van der Waals surface area contributed by atoms with E-state index in [1.807, 2.05) is 0 Å². The number of carbonyl (C=O) groups excluding carboxylic acids is 2. The molecular formula is C15H10ClF3N2O3. The Morgan fingerprint density at radius 1 is 0.917 bits per heavy atom. The van der Waals surface area contributed by atoms with Crippen LogP contribution in [0, 0.1) is 0 Å². The Bertz CT molecular complexity index is 748. The molecule has 0 aliphatic heterocycles. The van der Waals surface area contributed by atoms with E-state index < -0.39 is 23.9 Å². The molecule has 0 heterocycles. The van der Waals surface area contributed by atoms with Crippen molar-refractivity contribution < 1.29 is 27.5 Å². The first-order valence-corrected chi connectivity index (χ1v) is 6.84. The molecule has 0 fully saturated rings. The van der Waals surface area contributed by atoms with Crippen molar-refractivity contribution in [1.82, 2.24) is 10.9 Å². The van der Waals surface area contributed by atoms with Gasteiger partial charge in [-0.05, 0) is 42.5 Å². The van der Waals surface area contributed by atoms with Gasteiger partial charge in [0.15, 0.2) is 0 Å². The van der Waals surface area contributed by atoms with Crippen LogP contribution in [0.25, 0.3) is 0 Å². The highest BCUT2D eigenvalue weighted by Gasteiger charge is 2.31. The zero-order valence-electron chi connectivity index (χ0n) is 11.9. The molecule has 0 saturated heterocycles. The highest BCUT2D eigenvalue weighted by atomic mass is 35.5. The first kappa shape index (κ1) is 17.6. The van der Waals surface area contributed by atoms with Gasteiger partial charge in [-0.15, -0.1) is 13.2 Å². The number of halogens is 4. The van der Waals surface area contributed by atoms with E-state index in [1.165, 1.54) is 12.1 Å². The minimum Gasteiger partial charge on any atom is -0.406 e. The lowest BCUT2D eigenvalue weighted by molar-refractivity contribution is -0.274. The second kappa shape index (κ2) is 7.22. The maximum absolute atomic E-state index is 12.0. The number of benzene rings is 2. The molecule has 0 spiro atoms. The van der Waals surface area contributed by atoms with Gasteiger partial charge in [-0.3, -0.25) is 20.4 Å². The summed E-state index contributed by atoms with van der Waals surface area (Å²) in [5.41, 5.74) is 4.58. The first-order chi connectivity index (χ1) is 11.2. The number of nitrogens with one attached hydrogen (secondary N) is 2. The van der Waals surface area contributed by atoms with Crippen LogP contribution in [0.3, 0.4) is 0 Å². The van der Waals surface area contributed by atoms with Crippen molar-refractivity contribution in [1.29, 1.82) is 0 Å². The summed E-state index contributed by atoms with van der Waals surface area (Å²) in [6.07, 6.45) is -4.81. The Hall–Kier alpha value is -2.74. The average molecular weight is 359 g/mol. The van der Waals surface area contributed by atoms with Gasteiger partial charge < -0.3 is 4.74 Å². The van der Waals surface area contributed by atoms with Gasteiger partial charge in [0, 0.05) is 16.1 Å². The van der Waals surface area contributed by atoms with Crippen LogP contribution >= 0.6 is 11.6 Å². The summed E-state index contributed by atoms with van der Waals surface area (Å²) in [6.45, 7) is 0. The fourth-order valence-corrected chi connectivity index (χ4v) is 1.89. The summed E-state index contributed by atoms with van der Waals surface area (Å²) in [4.78, 5) is 23.6. The van der Waals surface area contributed by atoms with Gasteiger partial charge in [0.05, 0.1) is 0 Å². The monoisotopic (exact) mass is 358 g/mol. The van der Waals surface area contributed by atoms with Gasteiger partial charge in [-0.2, -0.15) is 0 Å². The minimum atomic E-state index is -4.81. The number of amides is 2. The molecule has 0 aromatic heterocycles. The van der Waals surface area contributed by atoms with Crippen LogP contribution in [0.4, 0.5) is 13.2 Å². The molecule has 0 aliphatic rings. The Morgan fingerprint density at radius 2 is 1.50 bits per heavy atom. The van der Waals surface area contributed by atoms with E-state index in [4.69, 9.17) is 11.6 Å². The summed E-state index contributed by atoms with van der Waals surface area (Å²) in [6, 6.07) is 10.3. The van der Waals surface area contributed by atoms with E-state index in [2.05, 4.69) is 15.6 Å². The minimum absolute atomic E-state index is 0.0379. The molecule has 2 aromatic carbocycles. The van der Waals surface area contributed by atoms with Crippen LogP contribution in [-0.2, 0) is 0 Å². The molecular weight excluding hydrogens is 349 g/mol. The molecule has 2 rings (SSSR count). The third kappa shape index (κ3) is 5.17. The summed E-state index contributed by atoms with van der Waals surface area (Å²) in [5.74, 6) is -1.76. The van der Waals surface area contributed by atoms with Crippen molar-refractivity contribution in [3.8, 4) is 5.75 Å². The fraction of sp³-hybridized carbons (Fsp3) is 0.0667. The largest absolute Gasteiger partial charge is 0.573 e. The van der Waals surface area contributed by atoms with Gasteiger partial charge in [0.1, 0.15) is 5.75 Å². The summed E-state index contributed by atoms with van der Waals surface area (Å²) in [5, 5.41) is 0.356. The Balaban J connectivity index is 1.94. The van der Waals surface area contributed by atoms with E-state index >= 15 is 0 Å². The SMILES string of the molecule is O=C(NNC(=O)c1cccc(Cl)c1)c1ccc(OC(F)(F)F)cc1. The molecule has 0 bridgehead atoms. The molecule has 9 heteroatoms. The zero-order valence-corrected chi connectivity index (χ0v) is 12.6. The number of carbonyl (C=O) groups is 2. The highest BCUT2D eigenvalue weighted by molar-refractivity contribution is 6.30.